The second-order valence-corrected chi connectivity index (χ2v) is 7.35. The van der Waals surface area contributed by atoms with E-state index in [9.17, 15) is 8.42 Å². The lowest BCUT2D eigenvalue weighted by atomic mass is 9.93. The van der Waals surface area contributed by atoms with Crippen molar-refractivity contribution in [1.82, 2.24) is 4.72 Å². The maximum atomic E-state index is 12.2. The Morgan fingerprint density at radius 3 is 2.60 bits per heavy atom. The van der Waals surface area contributed by atoms with E-state index in [2.05, 4.69) is 9.88 Å². The summed E-state index contributed by atoms with van der Waals surface area (Å²) in [6.45, 7) is 3.20. The van der Waals surface area contributed by atoms with Crippen molar-refractivity contribution >= 4 is 39.1 Å². The molecule has 0 atom stereocenters. The molecule has 0 aromatic heterocycles. The van der Waals surface area contributed by atoms with Gasteiger partial charge in [0.05, 0.1) is 5.02 Å². The Hall–Kier alpha value is -1.02. The summed E-state index contributed by atoms with van der Waals surface area (Å²) in [5, 5.41) is 11.8. The van der Waals surface area contributed by atoms with Crippen LogP contribution in [-0.2, 0) is 10.0 Å². The summed E-state index contributed by atoms with van der Waals surface area (Å²) in [5.41, 5.74) is 4.64. The molecule has 0 fully saturated rings. The molecule has 0 radical (unpaired) electrons. The first-order valence-electron chi connectivity index (χ1n) is 5.53. The van der Waals surface area contributed by atoms with Gasteiger partial charge in [-0.2, -0.15) is 0 Å². The van der Waals surface area contributed by atoms with Gasteiger partial charge >= 0.3 is 0 Å². The van der Waals surface area contributed by atoms with Crippen molar-refractivity contribution in [3.8, 4) is 0 Å². The lowest BCUT2D eigenvalue weighted by Crippen LogP contribution is -2.42. The van der Waals surface area contributed by atoms with Gasteiger partial charge in [-0.05, 0) is 18.2 Å². The van der Waals surface area contributed by atoms with E-state index >= 15 is 0 Å². The number of nitrogens with two attached hydrogens (primary N) is 1. The molecule has 0 saturated heterocycles. The van der Waals surface area contributed by atoms with E-state index in [0.717, 1.165) is 0 Å². The molecule has 0 bridgehead atoms. The molecule has 0 aliphatic rings. The zero-order chi connectivity index (χ0) is 15.6. The molecule has 6 nitrogen and oxygen atoms in total. The van der Waals surface area contributed by atoms with E-state index in [4.69, 9.17) is 34.1 Å². The minimum atomic E-state index is -3.85. The average Bonchev–Trinajstić information content (AvgIpc) is 2.38. The molecule has 0 saturated carbocycles. The normalized spacial score (nSPS) is 13.5. The SMILES string of the molecule is CC(C)(CNS(=O)(=O)c1cc(Cl)ccc1Cl)/C(N)=N/O. The third kappa shape index (κ3) is 3.99. The molecule has 0 unspecified atom stereocenters. The fourth-order valence-corrected chi connectivity index (χ4v) is 3.23. The monoisotopic (exact) mass is 339 g/mol. The Balaban J connectivity index is 3.00. The summed E-state index contributed by atoms with van der Waals surface area (Å²) in [7, 11) is -3.85. The van der Waals surface area contributed by atoms with Gasteiger partial charge in [-0.25, -0.2) is 13.1 Å². The van der Waals surface area contributed by atoms with Crippen LogP contribution in [0.25, 0.3) is 0 Å². The second kappa shape index (κ2) is 6.17. The highest BCUT2D eigenvalue weighted by atomic mass is 35.5. The first-order chi connectivity index (χ1) is 9.10. The van der Waals surface area contributed by atoms with E-state index in [0.29, 0.717) is 0 Å². The van der Waals surface area contributed by atoms with Gasteiger partial charge < -0.3 is 10.9 Å². The van der Waals surface area contributed by atoms with Gasteiger partial charge in [0, 0.05) is 17.0 Å². The van der Waals surface area contributed by atoms with Crippen LogP contribution in [0, 0.1) is 5.41 Å². The number of halogens is 2. The predicted molar refractivity (Wildman–Crippen MR) is 78.8 cm³/mol. The van der Waals surface area contributed by atoms with E-state index in [1.165, 1.54) is 18.2 Å². The summed E-state index contributed by atoms with van der Waals surface area (Å²) >= 11 is 11.6. The molecule has 0 heterocycles. The number of nitrogens with one attached hydrogen (secondary N) is 1. The molecule has 20 heavy (non-hydrogen) atoms. The number of hydrogen-bond donors (Lipinski definition) is 3. The van der Waals surface area contributed by atoms with Gasteiger partial charge in [-0.15, -0.1) is 0 Å². The van der Waals surface area contributed by atoms with Crippen LogP contribution in [0.1, 0.15) is 13.8 Å². The number of rotatable bonds is 5. The number of oxime groups is 1. The third-order valence-corrected chi connectivity index (χ3v) is 4.81. The van der Waals surface area contributed by atoms with Crippen LogP contribution in [0.4, 0.5) is 0 Å². The zero-order valence-electron chi connectivity index (χ0n) is 10.9. The summed E-state index contributed by atoms with van der Waals surface area (Å²) in [5.74, 6) is -0.0857. The lowest BCUT2D eigenvalue weighted by molar-refractivity contribution is 0.307. The maximum Gasteiger partial charge on any atom is 0.242 e. The molecule has 0 aliphatic heterocycles. The summed E-state index contributed by atoms with van der Waals surface area (Å²) in [6.07, 6.45) is 0. The highest BCUT2D eigenvalue weighted by Crippen LogP contribution is 2.25. The molecule has 1 aromatic carbocycles. The Morgan fingerprint density at radius 2 is 2.05 bits per heavy atom. The molecule has 0 aliphatic carbocycles. The number of benzene rings is 1. The quantitative estimate of drug-likeness (QED) is 0.330. The summed E-state index contributed by atoms with van der Waals surface area (Å²) in [4.78, 5) is -0.123. The van der Waals surface area contributed by atoms with Crippen molar-refractivity contribution in [2.75, 3.05) is 6.54 Å². The van der Waals surface area contributed by atoms with Crippen molar-refractivity contribution in [1.29, 1.82) is 0 Å². The van der Waals surface area contributed by atoms with Crippen molar-refractivity contribution in [3.05, 3.63) is 28.2 Å². The van der Waals surface area contributed by atoms with E-state index in [-0.39, 0.29) is 27.3 Å². The first-order valence-corrected chi connectivity index (χ1v) is 7.77. The largest absolute Gasteiger partial charge is 0.409 e. The van der Waals surface area contributed by atoms with Crippen LogP contribution in [0.2, 0.25) is 10.0 Å². The maximum absolute atomic E-state index is 12.2. The molecular weight excluding hydrogens is 325 g/mol. The lowest BCUT2D eigenvalue weighted by Gasteiger charge is -2.23. The van der Waals surface area contributed by atoms with Crippen LogP contribution in [0.5, 0.6) is 0 Å². The number of hydrogen-bond acceptors (Lipinski definition) is 4. The highest BCUT2D eigenvalue weighted by Gasteiger charge is 2.27. The van der Waals surface area contributed by atoms with Crippen molar-refractivity contribution in [2.24, 2.45) is 16.3 Å². The number of nitrogens with zero attached hydrogens (tertiary/aromatic N) is 1. The summed E-state index contributed by atoms with van der Waals surface area (Å²) in [6, 6.07) is 4.14. The third-order valence-electron chi connectivity index (χ3n) is 2.69. The van der Waals surface area contributed by atoms with Crippen molar-refractivity contribution in [2.45, 2.75) is 18.7 Å². The summed E-state index contributed by atoms with van der Waals surface area (Å²) < 4.78 is 26.7. The van der Waals surface area contributed by atoms with Gasteiger partial charge in [-0.1, -0.05) is 42.2 Å². The van der Waals surface area contributed by atoms with Crippen molar-refractivity contribution in [3.63, 3.8) is 0 Å². The fraction of sp³-hybridized carbons (Fsp3) is 0.364. The Kier molecular flexibility index (Phi) is 5.26. The molecule has 4 N–H and O–H groups in total. The standard InChI is InChI=1S/C11H15Cl2N3O3S/c1-11(2,10(14)16-17)6-15-20(18,19)9-5-7(12)3-4-8(9)13/h3-5,15,17H,6H2,1-2H3,(H2,14,16). The van der Waals surface area contributed by atoms with Crippen LogP contribution >= 0.6 is 23.2 Å². The molecule has 9 heteroatoms. The Bertz CT molecular complexity index is 630. The second-order valence-electron chi connectivity index (χ2n) is 4.77. The van der Waals surface area contributed by atoms with Gasteiger partial charge in [0.15, 0.2) is 0 Å². The molecule has 0 amide bonds. The predicted octanol–water partition coefficient (Wildman–Crippen LogP) is 2.04. The van der Waals surface area contributed by atoms with Crippen LogP contribution in [0.3, 0.4) is 0 Å². The van der Waals surface area contributed by atoms with Gasteiger partial charge in [-0.3, -0.25) is 0 Å². The molecule has 1 rings (SSSR count). The van der Waals surface area contributed by atoms with Crippen LogP contribution in [0.15, 0.2) is 28.3 Å². The van der Waals surface area contributed by atoms with Gasteiger partial charge in [0.25, 0.3) is 0 Å². The fourth-order valence-electron chi connectivity index (χ4n) is 1.26. The average molecular weight is 340 g/mol. The minimum absolute atomic E-state index is 0.0588. The number of amidine groups is 1. The van der Waals surface area contributed by atoms with E-state index in [1.54, 1.807) is 13.8 Å². The van der Waals surface area contributed by atoms with E-state index < -0.39 is 15.4 Å². The smallest absolute Gasteiger partial charge is 0.242 e. The molecule has 112 valence electrons. The minimum Gasteiger partial charge on any atom is -0.409 e. The topological polar surface area (TPSA) is 105 Å². The molecule has 0 spiro atoms. The Labute approximate surface area is 127 Å². The van der Waals surface area contributed by atoms with E-state index in [1.807, 2.05) is 0 Å². The Morgan fingerprint density at radius 1 is 1.45 bits per heavy atom. The van der Waals surface area contributed by atoms with Gasteiger partial charge in [0.2, 0.25) is 10.0 Å². The molecule has 1 aromatic rings. The molecular formula is C11H15Cl2N3O3S. The first kappa shape index (κ1) is 17.0. The highest BCUT2D eigenvalue weighted by molar-refractivity contribution is 7.89. The van der Waals surface area contributed by atoms with Crippen LogP contribution in [-0.4, -0.2) is 26.0 Å². The zero-order valence-corrected chi connectivity index (χ0v) is 13.2. The van der Waals surface area contributed by atoms with Crippen molar-refractivity contribution < 1.29 is 13.6 Å². The van der Waals surface area contributed by atoms with Gasteiger partial charge in [0.1, 0.15) is 10.7 Å². The number of sulfonamides is 1. The van der Waals surface area contributed by atoms with Crippen LogP contribution < -0.4 is 10.5 Å².